The summed E-state index contributed by atoms with van der Waals surface area (Å²) in [5, 5.41) is 0. The van der Waals surface area contributed by atoms with Gasteiger partial charge in [-0.05, 0) is 20.4 Å². The molecule has 1 unspecified atom stereocenters. The molecule has 4 heteroatoms. The molecule has 0 aliphatic carbocycles. The standard InChI is InChI=1S/C9H19NO3/c1-8(5-6-12-3)10(2)7-9(11)13-4/h8H,5-7H2,1-4H3. The summed E-state index contributed by atoms with van der Waals surface area (Å²) in [6.45, 7) is 3.11. The van der Waals surface area contributed by atoms with Crippen molar-refractivity contribution >= 4 is 5.97 Å². The number of carbonyl (C=O) groups excluding carboxylic acids is 1. The van der Waals surface area contributed by atoms with Crippen molar-refractivity contribution in [1.29, 1.82) is 0 Å². The molecule has 0 amide bonds. The highest BCUT2D eigenvalue weighted by atomic mass is 16.5. The van der Waals surface area contributed by atoms with Gasteiger partial charge in [0.15, 0.2) is 0 Å². The minimum Gasteiger partial charge on any atom is -0.468 e. The van der Waals surface area contributed by atoms with Crippen molar-refractivity contribution in [2.75, 3.05) is 34.4 Å². The van der Waals surface area contributed by atoms with E-state index in [0.717, 1.165) is 6.42 Å². The van der Waals surface area contributed by atoms with E-state index in [1.54, 1.807) is 7.11 Å². The molecule has 0 aliphatic heterocycles. The zero-order chi connectivity index (χ0) is 10.3. The first kappa shape index (κ1) is 12.4. The summed E-state index contributed by atoms with van der Waals surface area (Å²) in [4.78, 5) is 12.9. The molecule has 0 heterocycles. The zero-order valence-electron chi connectivity index (χ0n) is 8.87. The Labute approximate surface area is 79.8 Å². The molecule has 0 N–H and O–H groups in total. The first-order valence-corrected chi connectivity index (χ1v) is 4.37. The molecule has 0 aliphatic rings. The van der Waals surface area contributed by atoms with Crippen LogP contribution in [-0.2, 0) is 14.3 Å². The number of hydrogen-bond acceptors (Lipinski definition) is 4. The Hall–Kier alpha value is -0.610. The molecule has 4 nitrogen and oxygen atoms in total. The van der Waals surface area contributed by atoms with Crippen molar-refractivity contribution < 1.29 is 14.3 Å². The largest absolute Gasteiger partial charge is 0.468 e. The Balaban J connectivity index is 3.68. The number of rotatable bonds is 6. The SMILES string of the molecule is COCCC(C)N(C)CC(=O)OC. The topological polar surface area (TPSA) is 38.8 Å². The number of likely N-dealkylation sites (N-methyl/N-ethyl adjacent to an activating group) is 1. The molecule has 13 heavy (non-hydrogen) atoms. The number of esters is 1. The highest BCUT2D eigenvalue weighted by Gasteiger charge is 2.12. The molecule has 0 saturated carbocycles. The minimum absolute atomic E-state index is 0.202. The van der Waals surface area contributed by atoms with Crippen LogP contribution in [0.4, 0.5) is 0 Å². The number of ether oxygens (including phenoxy) is 2. The average Bonchev–Trinajstić information content (AvgIpc) is 2.13. The Morgan fingerprint density at radius 1 is 1.46 bits per heavy atom. The summed E-state index contributed by atoms with van der Waals surface area (Å²) in [5.41, 5.74) is 0. The van der Waals surface area contributed by atoms with Crippen LogP contribution in [0.15, 0.2) is 0 Å². The fourth-order valence-electron chi connectivity index (χ4n) is 0.933. The molecule has 0 radical (unpaired) electrons. The highest BCUT2D eigenvalue weighted by Crippen LogP contribution is 2.00. The third-order valence-corrected chi connectivity index (χ3v) is 2.10. The summed E-state index contributed by atoms with van der Waals surface area (Å²) in [7, 11) is 4.97. The monoisotopic (exact) mass is 189 g/mol. The number of methoxy groups -OCH3 is 2. The van der Waals surface area contributed by atoms with E-state index in [2.05, 4.69) is 11.7 Å². The lowest BCUT2D eigenvalue weighted by Gasteiger charge is -2.22. The number of carbonyl (C=O) groups is 1. The first-order valence-electron chi connectivity index (χ1n) is 4.37. The molecule has 0 rings (SSSR count). The lowest BCUT2D eigenvalue weighted by atomic mass is 10.2. The van der Waals surface area contributed by atoms with Gasteiger partial charge >= 0.3 is 5.97 Å². The van der Waals surface area contributed by atoms with Gasteiger partial charge < -0.3 is 9.47 Å². The maximum atomic E-state index is 10.9. The summed E-state index contributed by atoms with van der Waals surface area (Å²) in [6, 6.07) is 0.332. The second-order valence-corrected chi connectivity index (χ2v) is 3.12. The predicted octanol–water partition coefficient (Wildman–Crippen LogP) is 0.516. The lowest BCUT2D eigenvalue weighted by molar-refractivity contribution is -0.142. The van der Waals surface area contributed by atoms with Crippen LogP contribution in [0.1, 0.15) is 13.3 Å². The Morgan fingerprint density at radius 2 is 2.08 bits per heavy atom. The van der Waals surface area contributed by atoms with Gasteiger partial charge in [0.1, 0.15) is 0 Å². The van der Waals surface area contributed by atoms with Crippen molar-refractivity contribution in [2.24, 2.45) is 0 Å². The van der Waals surface area contributed by atoms with Crippen LogP contribution < -0.4 is 0 Å². The molecule has 0 saturated heterocycles. The van der Waals surface area contributed by atoms with Crippen LogP contribution in [0.2, 0.25) is 0 Å². The van der Waals surface area contributed by atoms with E-state index < -0.39 is 0 Å². The summed E-state index contributed by atoms with van der Waals surface area (Å²) in [5.74, 6) is -0.202. The van der Waals surface area contributed by atoms with Crippen molar-refractivity contribution in [1.82, 2.24) is 4.90 Å². The molecule has 0 aromatic carbocycles. The van der Waals surface area contributed by atoms with Gasteiger partial charge in [0.05, 0.1) is 13.7 Å². The average molecular weight is 189 g/mol. The first-order chi connectivity index (χ1) is 6.11. The van der Waals surface area contributed by atoms with E-state index in [0.29, 0.717) is 19.2 Å². The van der Waals surface area contributed by atoms with Gasteiger partial charge in [-0.25, -0.2) is 0 Å². The van der Waals surface area contributed by atoms with E-state index in [1.807, 2.05) is 11.9 Å². The third-order valence-electron chi connectivity index (χ3n) is 2.10. The summed E-state index contributed by atoms with van der Waals surface area (Å²) in [6.07, 6.45) is 0.921. The summed E-state index contributed by atoms with van der Waals surface area (Å²) < 4.78 is 9.51. The second kappa shape index (κ2) is 6.86. The third kappa shape index (κ3) is 5.60. The van der Waals surface area contributed by atoms with Gasteiger partial charge in [-0.3, -0.25) is 9.69 Å². The van der Waals surface area contributed by atoms with Crippen LogP contribution in [0.5, 0.6) is 0 Å². The van der Waals surface area contributed by atoms with Crippen molar-refractivity contribution in [3.8, 4) is 0 Å². The fraction of sp³-hybridized carbons (Fsp3) is 0.889. The van der Waals surface area contributed by atoms with Gasteiger partial charge in [0.2, 0.25) is 0 Å². The molecule has 1 atom stereocenters. The van der Waals surface area contributed by atoms with Crippen LogP contribution in [0, 0.1) is 0 Å². The number of hydrogen-bond donors (Lipinski definition) is 0. The molecule has 0 aromatic rings. The molecular formula is C9H19NO3. The van der Waals surface area contributed by atoms with Gasteiger partial charge in [0.25, 0.3) is 0 Å². The minimum atomic E-state index is -0.202. The Bertz CT molecular complexity index is 150. The Morgan fingerprint density at radius 3 is 2.54 bits per heavy atom. The maximum absolute atomic E-state index is 10.9. The van der Waals surface area contributed by atoms with E-state index in [1.165, 1.54) is 7.11 Å². The molecule has 0 aromatic heterocycles. The van der Waals surface area contributed by atoms with Gasteiger partial charge in [-0.2, -0.15) is 0 Å². The van der Waals surface area contributed by atoms with Crippen molar-refractivity contribution in [3.63, 3.8) is 0 Å². The van der Waals surface area contributed by atoms with Crippen molar-refractivity contribution in [3.05, 3.63) is 0 Å². The van der Waals surface area contributed by atoms with Gasteiger partial charge in [-0.15, -0.1) is 0 Å². The fourth-order valence-corrected chi connectivity index (χ4v) is 0.933. The van der Waals surface area contributed by atoms with E-state index in [-0.39, 0.29) is 5.97 Å². The lowest BCUT2D eigenvalue weighted by Crippen LogP contribution is -2.35. The highest BCUT2D eigenvalue weighted by molar-refractivity contribution is 5.71. The molecule has 0 spiro atoms. The number of nitrogens with zero attached hydrogens (tertiary/aromatic N) is 1. The molecule has 0 fully saturated rings. The van der Waals surface area contributed by atoms with E-state index >= 15 is 0 Å². The summed E-state index contributed by atoms with van der Waals surface area (Å²) >= 11 is 0. The van der Waals surface area contributed by atoms with Crippen LogP contribution >= 0.6 is 0 Å². The predicted molar refractivity (Wildman–Crippen MR) is 50.6 cm³/mol. The molecule has 0 bridgehead atoms. The maximum Gasteiger partial charge on any atom is 0.319 e. The van der Waals surface area contributed by atoms with E-state index in [4.69, 9.17) is 4.74 Å². The molecular weight excluding hydrogens is 170 g/mol. The van der Waals surface area contributed by atoms with Gasteiger partial charge in [0, 0.05) is 19.8 Å². The smallest absolute Gasteiger partial charge is 0.319 e. The van der Waals surface area contributed by atoms with Crippen molar-refractivity contribution in [2.45, 2.75) is 19.4 Å². The van der Waals surface area contributed by atoms with Crippen LogP contribution in [0.25, 0.3) is 0 Å². The molecule has 78 valence electrons. The van der Waals surface area contributed by atoms with E-state index in [9.17, 15) is 4.79 Å². The van der Waals surface area contributed by atoms with Gasteiger partial charge in [-0.1, -0.05) is 0 Å². The van der Waals surface area contributed by atoms with Crippen LogP contribution in [0.3, 0.4) is 0 Å². The second-order valence-electron chi connectivity index (χ2n) is 3.12. The quantitative estimate of drug-likeness (QED) is 0.571. The Kier molecular flexibility index (Phi) is 6.54. The van der Waals surface area contributed by atoms with Crippen LogP contribution in [-0.4, -0.2) is 51.3 Å². The zero-order valence-corrected chi connectivity index (χ0v) is 8.87. The normalized spacial score (nSPS) is 13.0.